The molecule has 0 aliphatic heterocycles. The fraction of sp³-hybridized carbons (Fsp3) is 0.429. The van der Waals surface area contributed by atoms with Crippen molar-refractivity contribution in [2.75, 3.05) is 0 Å². The average molecular weight is 402 g/mol. The van der Waals surface area contributed by atoms with Gasteiger partial charge in [-0.15, -0.1) is 22.7 Å². The first-order valence-corrected chi connectivity index (χ1v) is 11.1. The monoisotopic (exact) mass is 401 g/mol. The fourth-order valence-electron chi connectivity index (χ4n) is 3.19. The summed E-state index contributed by atoms with van der Waals surface area (Å²) in [5.74, 6) is 0.688. The maximum atomic E-state index is 13.2. The van der Waals surface area contributed by atoms with Crippen molar-refractivity contribution in [2.24, 2.45) is 5.92 Å². The van der Waals surface area contributed by atoms with Gasteiger partial charge in [0.1, 0.15) is 0 Å². The molecule has 0 fully saturated rings. The van der Waals surface area contributed by atoms with Crippen molar-refractivity contribution >= 4 is 28.6 Å². The van der Waals surface area contributed by atoms with E-state index in [1.165, 1.54) is 9.75 Å². The van der Waals surface area contributed by atoms with E-state index in [4.69, 9.17) is 0 Å². The maximum absolute atomic E-state index is 13.2. The van der Waals surface area contributed by atoms with E-state index in [0.717, 1.165) is 23.5 Å². The van der Waals surface area contributed by atoms with Crippen LogP contribution in [-0.2, 0) is 30.8 Å². The third-order valence-corrected chi connectivity index (χ3v) is 6.33. The molecule has 0 spiro atoms. The van der Waals surface area contributed by atoms with Gasteiger partial charge in [0, 0.05) is 27.6 Å². The maximum Gasteiger partial charge on any atom is 0.227 e. The molecule has 4 nitrogen and oxygen atoms in total. The van der Waals surface area contributed by atoms with Gasteiger partial charge in [-0.1, -0.05) is 26.0 Å². The Labute approximate surface area is 169 Å². The van der Waals surface area contributed by atoms with Crippen LogP contribution in [0.15, 0.2) is 35.0 Å². The molecule has 3 aromatic rings. The van der Waals surface area contributed by atoms with E-state index in [-0.39, 0.29) is 5.91 Å². The Kier molecular flexibility index (Phi) is 6.50. The molecule has 1 amide bonds. The number of nitrogens with zero attached hydrogens (tertiary/aromatic N) is 3. The van der Waals surface area contributed by atoms with Gasteiger partial charge in [0.2, 0.25) is 5.91 Å². The van der Waals surface area contributed by atoms with Gasteiger partial charge in [0.25, 0.3) is 0 Å². The Morgan fingerprint density at radius 1 is 1.11 bits per heavy atom. The van der Waals surface area contributed by atoms with E-state index < -0.39 is 0 Å². The molecule has 0 aromatic carbocycles. The van der Waals surface area contributed by atoms with Crippen molar-refractivity contribution in [2.45, 2.75) is 53.8 Å². The van der Waals surface area contributed by atoms with Crippen LogP contribution in [0.25, 0.3) is 0 Å². The second-order valence-electron chi connectivity index (χ2n) is 7.31. The molecule has 6 heteroatoms. The zero-order valence-corrected chi connectivity index (χ0v) is 18.1. The van der Waals surface area contributed by atoms with E-state index in [1.54, 1.807) is 22.7 Å². The highest BCUT2D eigenvalue weighted by Gasteiger charge is 2.21. The van der Waals surface area contributed by atoms with Crippen molar-refractivity contribution in [1.82, 2.24) is 14.7 Å². The molecule has 0 N–H and O–H groups in total. The predicted molar refractivity (Wildman–Crippen MR) is 113 cm³/mol. The topological polar surface area (TPSA) is 38.1 Å². The Bertz CT molecular complexity index is 828. The summed E-state index contributed by atoms with van der Waals surface area (Å²) in [6, 6.07) is 8.27. The summed E-state index contributed by atoms with van der Waals surface area (Å²) in [7, 11) is 0. The summed E-state index contributed by atoms with van der Waals surface area (Å²) in [6.45, 7) is 10.7. The number of aryl methyl sites for hydroxylation is 1. The van der Waals surface area contributed by atoms with Crippen LogP contribution < -0.4 is 0 Å². The molecular formula is C21H27N3OS2. The highest BCUT2D eigenvalue weighted by atomic mass is 32.1. The van der Waals surface area contributed by atoms with Gasteiger partial charge < -0.3 is 4.90 Å². The number of thiophene rings is 2. The quantitative estimate of drug-likeness (QED) is 0.530. The first-order chi connectivity index (χ1) is 12.9. The molecule has 0 radical (unpaired) electrons. The van der Waals surface area contributed by atoms with Crippen LogP contribution in [0.5, 0.6) is 0 Å². The van der Waals surface area contributed by atoms with Crippen LogP contribution >= 0.6 is 22.7 Å². The van der Waals surface area contributed by atoms with Crippen molar-refractivity contribution in [3.63, 3.8) is 0 Å². The number of carbonyl (C=O) groups is 1. The van der Waals surface area contributed by atoms with Gasteiger partial charge in [0.15, 0.2) is 0 Å². The fourth-order valence-corrected chi connectivity index (χ4v) is 4.63. The molecule has 0 saturated carbocycles. The van der Waals surface area contributed by atoms with E-state index in [1.807, 2.05) is 28.6 Å². The molecule has 0 aliphatic rings. The SMILES string of the molecule is Cc1nn(CC(C)C)c(C)c1CC(=O)N(Cc1cccs1)Cc1cccs1. The molecule has 0 unspecified atom stereocenters. The summed E-state index contributed by atoms with van der Waals surface area (Å²) in [5, 5.41) is 8.79. The number of rotatable bonds is 8. The smallest absolute Gasteiger partial charge is 0.227 e. The van der Waals surface area contributed by atoms with Crippen molar-refractivity contribution < 1.29 is 4.79 Å². The predicted octanol–water partition coefficient (Wildman–Crippen LogP) is 5.05. The van der Waals surface area contributed by atoms with E-state index in [0.29, 0.717) is 25.4 Å². The van der Waals surface area contributed by atoms with Crippen molar-refractivity contribution in [3.05, 3.63) is 61.7 Å². The lowest BCUT2D eigenvalue weighted by Crippen LogP contribution is -2.31. The summed E-state index contributed by atoms with van der Waals surface area (Å²) in [5.41, 5.74) is 3.15. The van der Waals surface area contributed by atoms with Crippen LogP contribution in [0.2, 0.25) is 0 Å². The Balaban J connectivity index is 1.78. The minimum atomic E-state index is 0.159. The highest BCUT2D eigenvalue weighted by Crippen LogP contribution is 2.21. The van der Waals surface area contributed by atoms with Gasteiger partial charge in [-0.3, -0.25) is 9.48 Å². The third-order valence-electron chi connectivity index (χ3n) is 4.60. The van der Waals surface area contributed by atoms with Crippen molar-refractivity contribution in [3.8, 4) is 0 Å². The van der Waals surface area contributed by atoms with Crippen LogP contribution in [0.3, 0.4) is 0 Å². The zero-order valence-electron chi connectivity index (χ0n) is 16.4. The standard InChI is InChI=1S/C21H27N3OS2/c1-15(2)12-24-17(4)20(16(3)22-24)11-21(25)23(13-18-7-5-9-26-18)14-19-8-6-10-27-19/h5-10,15H,11-14H2,1-4H3. The minimum absolute atomic E-state index is 0.159. The third kappa shape index (κ3) is 5.08. The number of aromatic nitrogens is 2. The summed E-state index contributed by atoms with van der Waals surface area (Å²) >= 11 is 3.40. The first kappa shape index (κ1) is 19.8. The van der Waals surface area contributed by atoms with Gasteiger partial charge in [-0.05, 0) is 42.7 Å². The van der Waals surface area contributed by atoms with Crippen LogP contribution in [0, 0.1) is 19.8 Å². The molecular weight excluding hydrogens is 374 g/mol. The van der Waals surface area contributed by atoms with Crippen LogP contribution in [0.4, 0.5) is 0 Å². The number of hydrogen-bond donors (Lipinski definition) is 0. The van der Waals surface area contributed by atoms with Crippen molar-refractivity contribution in [1.29, 1.82) is 0 Å². The van der Waals surface area contributed by atoms with Crippen LogP contribution in [-0.4, -0.2) is 20.6 Å². The summed E-state index contributed by atoms with van der Waals surface area (Å²) in [4.78, 5) is 17.6. The normalized spacial score (nSPS) is 11.3. The summed E-state index contributed by atoms with van der Waals surface area (Å²) < 4.78 is 2.05. The Hall–Kier alpha value is -1.92. The molecule has 3 aromatic heterocycles. The molecule has 27 heavy (non-hydrogen) atoms. The molecule has 0 atom stereocenters. The van der Waals surface area contributed by atoms with E-state index in [2.05, 4.69) is 48.8 Å². The zero-order chi connectivity index (χ0) is 19.4. The second kappa shape index (κ2) is 8.85. The van der Waals surface area contributed by atoms with Gasteiger partial charge in [-0.2, -0.15) is 5.10 Å². The highest BCUT2D eigenvalue weighted by molar-refractivity contribution is 7.10. The van der Waals surface area contributed by atoms with E-state index in [9.17, 15) is 4.79 Å². The van der Waals surface area contributed by atoms with Gasteiger partial charge in [-0.25, -0.2) is 0 Å². The molecule has 0 aliphatic carbocycles. The molecule has 144 valence electrons. The lowest BCUT2D eigenvalue weighted by atomic mass is 10.1. The average Bonchev–Trinajstić information content (AvgIpc) is 3.34. The summed E-state index contributed by atoms with van der Waals surface area (Å²) in [6.07, 6.45) is 0.409. The molecule has 3 rings (SSSR count). The van der Waals surface area contributed by atoms with Crippen LogP contribution in [0.1, 0.15) is 40.6 Å². The lowest BCUT2D eigenvalue weighted by molar-refractivity contribution is -0.131. The minimum Gasteiger partial charge on any atom is -0.332 e. The van der Waals surface area contributed by atoms with Gasteiger partial charge in [0.05, 0.1) is 25.2 Å². The largest absolute Gasteiger partial charge is 0.332 e. The second-order valence-corrected chi connectivity index (χ2v) is 9.38. The first-order valence-electron chi connectivity index (χ1n) is 9.29. The molecule has 0 saturated heterocycles. The van der Waals surface area contributed by atoms with E-state index >= 15 is 0 Å². The Morgan fingerprint density at radius 2 is 1.70 bits per heavy atom. The van der Waals surface area contributed by atoms with Gasteiger partial charge >= 0.3 is 0 Å². The number of carbonyl (C=O) groups excluding carboxylic acids is 1. The molecule has 3 heterocycles. The Morgan fingerprint density at radius 3 is 2.19 bits per heavy atom. The lowest BCUT2D eigenvalue weighted by Gasteiger charge is -2.22. The molecule has 0 bridgehead atoms. The number of hydrogen-bond acceptors (Lipinski definition) is 4. The number of amides is 1.